The van der Waals surface area contributed by atoms with Crippen LogP contribution in [0.4, 0.5) is 0 Å². The third-order valence-electron chi connectivity index (χ3n) is 1.92. The van der Waals surface area contributed by atoms with Crippen molar-refractivity contribution in [3.63, 3.8) is 0 Å². The lowest BCUT2D eigenvalue weighted by Crippen LogP contribution is -1.92. The fraction of sp³-hybridized carbons (Fsp3) is 0.500. The van der Waals surface area contributed by atoms with Gasteiger partial charge in [-0.2, -0.15) is 10.2 Å². The fourth-order valence-electron chi connectivity index (χ4n) is 1.17. The first-order valence-corrected chi connectivity index (χ1v) is 3.66. The maximum Gasteiger partial charge on any atom is 0.0691 e. The molecule has 2 rings (SSSR count). The van der Waals surface area contributed by atoms with Crippen LogP contribution in [-0.2, 0) is 0 Å². The summed E-state index contributed by atoms with van der Waals surface area (Å²) in [5, 5.41) is 7.95. The maximum absolute atomic E-state index is 4.09. The molecule has 0 radical (unpaired) electrons. The topological polar surface area (TPSA) is 25.8 Å². The summed E-state index contributed by atoms with van der Waals surface area (Å²) in [5.74, 6) is 0.730. The molecule has 1 aliphatic rings. The van der Waals surface area contributed by atoms with Crippen LogP contribution in [0.1, 0.15) is 30.0 Å². The van der Waals surface area contributed by atoms with E-state index in [4.69, 9.17) is 0 Å². The van der Waals surface area contributed by atoms with Crippen molar-refractivity contribution in [2.24, 2.45) is 0 Å². The summed E-state index contributed by atoms with van der Waals surface area (Å²) in [6, 6.07) is 2.03. The Labute approximate surface area is 60.3 Å². The average molecular weight is 134 g/mol. The first-order chi connectivity index (χ1) is 4.88. The highest BCUT2D eigenvalue weighted by atomic mass is 15.1. The summed E-state index contributed by atoms with van der Waals surface area (Å²) in [4.78, 5) is 0. The second kappa shape index (κ2) is 2.04. The van der Waals surface area contributed by atoms with Crippen molar-refractivity contribution in [1.29, 1.82) is 0 Å². The third-order valence-corrected chi connectivity index (χ3v) is 1.92. The highest BCUT2D eigenvalue weighted by Crippen LogP contribution is 2.39. The van der Waals surface area contributed by atoms with E-state index in [1.165, 1.54) is 24.1 Å². The molecule has 1 heterocycles. The summed E-state index contributed by atoms with van der Waals surface area (Å²) >= 11 is 0. The van der Waals surface area contributed by atoms with E-state index in [0.29, 0.717) is 0 Å². The van der Waals surface area contributed by atoms with Gasteiger partial charge in [-0.3, -0.25) is 0 Å². The zero-order chi connectivity index (χ0) is 6.97. The molecule has 0 N–H and O–H groups in total. The van der Waals surface area contributed by atoms with Gasteiger partial charge in [0.25, 0.3) is 0 Å². The summed E-state index contributed by atoms with van der Waals surface area (Å²) in [5.41, 5.74) is 2.50. The van der Waals surface area contributed by atoms with E-state index in [2.05, 4.69) is 17.1 Å². The molecule has 0 amide bonds. The maximum atomic E-state index is 4.09. The molecule has 0 atom stereocenters. The van der Waals surface area contributed by atoms with Crippen LogP contribution in [0, 0.1) is 6.92 Å². The molecule has 0 unspecified atom stereocenters. The van der Waals surface area contributed by atoms with Crippen molar-refractivity contribution < 1.29 is 0 Å². The van der Waals surface area contributed by atoms with Crippen molar-refractivity contribution in [3.8, 4) is 0 Å². The van der Waals surface area contributed by atoms with E-state index in [9.17, 15) is 0 Å². The number of rotatable bonds is 1. The minimum Gasteiger partial charge on any atom is -0.159 e. The predicted molar refractivity (Wildman–Crippen MR) is 38.7 cm³/mol. The van der Waals surface area contributed by atoms with Gasteiger partial charge in [-0.05, 0) is 31.4 Å². The number of aryl methyl sites for hydroxylation is 1. The molecule has 2 heteroatoms. The van der Waals surface area contributed by atoms with Gasteiger partial charge in [0.15, 0.2) is 0 Å². The smallest absolute Gasteiger partial charge is 0.0691 e. The lowest BCUT2D eigenvalue weighted by Gasteiger charge is -1.97. The molecule has 52 valence electrons. The molecule has 0 spiro atoms. The SMILES string of the molecule is Cc1ccnnc1C1CC1. The molecule has 0 aliphatic heterocycles. The van der Waals surface area contributed by atoms with Crippen LogP contribution in [0.15, 0.2) is 12.3 Å². The summed E-state index contributed by atoms with van der Waals surface area (Å²) in [6.07, 6.45) is 4.36. The Morgan fingerprint density at radius 2 is 2.30 bits per heavy atom. The Morgan fingerprint density at radius 3 is 2.90 bits per heavy atom. The van der Waals surface area contributed by atoms with Crippen molar-refractivity contribution >= 4 is 0 Å². The van der Waals surface area contributed by atoms with Crippen molar-refractivity contribution in [2.45, 2.75) is 25.7 Å². The van der Waals surface area contributed by atoms with Gasteiger partial charge in [0.2, 0.25) is 0 Å². The van der Waals surface area contributed by atoms with Crippen molar-refractivity contribution in [2.75, 3.05) is 0 Å². The van der Waals surface area contributed by atoms with Gasteiger partial charge in [-0.1, -0.05) is 0 Å². The highest BCUT2D eigenvalue weighted by Gasteiger charge is 2.26. The Balaban J connectivity index is 2.39. The van der Waals surface area contributed by atoms with Crippen LogP contribution >= 0.6 is 0 Å². The zero-order valence-electron chi connectivity index (χ0n) is 6.04. The Hall–Kier alpha value is -0.920. The molecule has 2 nitrogen and oxygen atoms in total. The van der Waals surface area contributed by atoms with Crippen LogP contribution in [0.3, 0.4) is 0 Å². The highest BCUT2D eigenvalue weighted by molar-refractivity contribution is 5.22. The molecule has 1 aromatic heterocycles. The molecule has 10 heavy (non-hydrogen) atoms. The molecular formula is C8H10N2. The van der Waals surface area contributed by atoms with Crippen LogP contribution in [0.25, 0.3) is 0 Å². The van der Waals surface area contributed by atoms with Gasteiger partial charge in [0.1, 0.15) is 0 Å². The standard InChI is InChI=1S/C8H10N2/c1-6-4-5-9-10-8(6)7-2-3-7/h4-5,7H,2-3H2,1H3. The molecule has 1 saturated carbocycles. The zero-order valence-corrected chi connectivity index (χ0v) is 6.04. The fourth-order valence-corrected chi connectivity index (χ4v) is 1.17. The molecule has 0 bridgehead atoms. The van der Waals surface area contributed by atoms with Gasteiger partial charge in [0.05, 0.1) is 5.69 Å². The quantitative estimate of drug-likeness (QED) is 0.583. The lowest BCUT2D eigenvalue weighted by atomic mass is 10.2. The number of aromatic nitrogens is 2. The van der Waals surface area contributed by atoms with E-state index in [0.717, 1.165) is 5.92 Å². The minimum atomic E-state index is 0.730. The van der Waals surface area contributed by atoms with Crippen LogP contribution < -0.4 is 0 Å². The van der Waals surface area contributed by atoms with Crippen molar-refractivity contribution in [3.05, 3.63) is 23.5 Å². The van der Waals surface area contributed by atoms with Crippen LogP contribution in [-0.4, -0.2) is 10.2 Å². The monoisotopic (exact) mass is 134 g/mol. The van der Waals surface area contributed by atoms with E-state index >= 15 is 0 Å². The largest absolute Gasteiger partial charge is 0.159 e. The van der Waals surface area contributed by atoms with Gasteiger partial charge < -0.3 is 0 Å². The van der Waals surface area contributed by atoms with Crippen LogP contribution in [0.5, 0.6) is 0 Å². The van der Waals surface area contributed by atoms with Gasteiger partial charge >= 0.3 is 0 Å². The van der Waals surface area contributed by atoms with Gasteiger partial charge in [-0.15, -0.1) is 0 Å². The second-order valence-electron chi connectivity index (χ2n) is 2.87. The average Bonchev–Trinajstić information content (AvgIpc) is 2.71. The molecule has 1 aliphatic carbocycles. The predicted octanol–water partition coefficient (Wildman–Crippen LogP) is 1.66. The lowest BCUT2D eigenvalue weighted by molar-refractivity contribution is 0.892. The Kier molecular flexibility index (Phi) is 1.19. The Bertz CT molecular complexity index is 241. The van der Waals surface area contributed by atoms with Gasteiger partial charge in [-0.25, -0.2) is 0 Å². The molecule has 0 aromatic carbocycles. The first kappa shape index (κ1) is 5.83. The minimum absolute atomic E-state index is 0.730. The van der Waals surface area contributed by atoms with E-state index < -0.39 is 0 Å². The first-order valence-electron chi connectivity index (χ1n) is 3.66. The molecule has 1 fully saturated rings. The summed E-state index contributed by atoms with van der Waals surface area (Å²) in [7, 11) is 0. The third kappa shape index (κ3) is 0.897. The van der Waals surface area contributed by atoms with E-state index in [-0.39, 0.29) is 0 Å². The summed E-state index contributed by atoms with van der Waals surface area (Å²) < 4.78 is 0. The number of hydrogen-bond donors (Lipinski definition) is 0. The Morgan fingerprint density at radius 1 is 1.50 bits per heavy atom. The van der Waals surface area contributed by atoms with Gasteiger partial charge in [0, 0.05) is 12.1 Å². The number of hydrogen-bond acceptors (Lipinski definition) is 2. The second-order valence-corrected chi connectivity index (χ2v) is 2.87. The molecule has 0 saturated heterocycles. The normalized spacial score (nSPS) is 17.3. The van der Waals surface area contributed by atoms with E-state index in [1.54, 1.807) is 6.20 Å². The van der Waals surface area contributed by atoms with Crippen LogP contribution in [0.2, 0.25) is 0 Å². The molecule has 1 aromatic rings. The summed E-state index contributed by atoms with van der Waals surface area (Å²) in [6.45, 7) is 2.10. The number of nitrogens with zero attached hydrogens (tertiary/aromatic N) is 2. The molecular weight excluding hydrogens is 124 g/mol. The van der Waals surface area contributed by atoms with Crippen molar-refractivity contribution in [1.82, 2.24) is 10.2 Å². The van der Waals surface area contributed by atoms with E-state index in [1.807, 2.05) is 6.07 Å².